The lowest BCUT2D eigenvalue weighted by Crippen LogP contribution is -2.35. The van der Waals surface area contributed by atoms with Crippen LogP contribution in [0.15, 0.2) is 18.2 Å². The Bertz CT molecular complexity index is 512. The maximum atomic E-state index is 4.41. The lowest BCUT2D eigenvalue weighted by Gasteiger charge is -2.23. The van der Waals surface area contributed by atoms with Crippen molar-refractivity contribution in [2.45, 2.75) is 38.6 Å². The van der Waals surface area contributed by atoms with E-state index in [-0.39, 0.29) is 0 Å². The van der Waals surface area contributed by atoms with Crippen molar-refractivity contribution in [2.75, 3.05) is 6.54 Å². The smallest absolute Gasteiger partial charge is 0.0589 e. The SMILES string of the molecule is Cc1nsc2cc(CC3CCCCN3)ccc12. The normalized spacial score (nSPS) is 20.9. The minimum atomic E-state index is 0.676. The second kappa shape index (κ2) is 4.75. The molecule has 1 aliphatic rings. The monoisotopic (exact) mass is 246 g/mol. The number of hydrogen-bond acceptors (Lipinski definition) is 3. The number of aryl methyl sites for hydroxylation is 1. The van der Waals surface area contributed by atoms with Crippen LogP contribution in [0, 0.1) is 6.92 Å². The number of nitrogens with zero attached hydrogens (tertiary/aromatic N) is 1. The fraction of sp³-hybridized carbons (Fsp3) is 0.500. The molecule has 1 saturated heterocycles. The van der Waals surface area contributed by atoms with Gasteiger partial charge in [0.2, 0.25) is 0 Å². The molecule has 90 valence electrons. The molecule has 0 bridgehead atoms. The van der Waals surface area contributed by atoms with Crippen LogP contribution in [0.25, 0.3) is 10.1 Å². The molecule has 2 nitrogen and oxygen atoms in total. The third kappa shape index (κ3) is 2.35. The molecule has 1 unspecified atom stereocenters. The number of nitrogens with one attached hydrogen (secondary N) is 1. The van der Waals surface area contributed by atoms with Gasteiger partial charge in [-0.2, -0.15) is 4.37 Å². The Morgan fingerprint density at radius 1 is 1.41 bits per heavy atom. The Morgan fingerprint density at radius 2 is 2.35 bits per heavy atom. The molecule has 1 N–H and O–H groups in total. The fourth-order valence-corrected chi connectivity index (χ4v) is 3.47. The van der Waals surface area contributed by atoms with Crippen LogP contribution in [-0.4, -0.2) is 17.0 Å². The summed E-state index contributed by atoms with van der Waals surface area (Å²) in [7, 11) is 0. The number of rotatable bonds is 2. The summed E-state index contributed by atoms with van der Waals surface area (Å²) in [4.78, 5) is 0. The molecule has 1 aromatic carbocycles. The Balaban J connectivity index is 1.80. The molecule has 1 atom stereocenters. The highest BCUT2D eigenvalue weighted by Crippen LogP contribution is 2.24. The van der Waals surface area contributed by atoms with Crippen LogP contribution in [0.2, 0.25) is 0 Å². The lowest BCUT2D eigenvalue weighted by molar-refractivity contribution is 0.399. The van der Waals surface area contributed by atoms with E-state index in [2.05, 4.69) is 34.8 Å². The van der Waals surface area contributed by atoms with Crippen molar-refractivity contribution >= 4 is 21.6 Å². The van der Waals surface area contributed by atoms with Crippen molar-refractivity contribution in [1.29, 1.82) is 0 Å². The predicted octanol–water partition coefficient (Wildman–Crippen LogP) is 3.29. The molecule has 0 spiro atoms. The van der Waals surface area contributed by atoms with Crippen LogP contribution in [0.5, 0.6) is 0 Å². The Morgan fingerprint density at radius 3 is 3.18 bits per heavy atom. The van der Waals surface area contributed by atoms with Gasteiger partial charge in [-0.1, -0.05) is 18.6 Å². The average Bonchev–Trinajstić information content (AvgIpc) is 2.72. The number of piperidine rings is 1. The van der Waals surface area contributed by atoms with E-state index < -0.39 is 0 Å². The first-order valence-electron chi connectivity index (χ1n) is 6.41. The zero-order valence-electron chi connectivity index (χ0n) is 10.2. The van der Waals surface area contributed by atoms with E-state index in [0.29, 0.717) is 6.04 Å². The minimum Gasteiger partial charge on any atom is -0.314 e. The van der Waals surface area contributed by atoms with Crippen molar-refractivity contribution in [2.24, 2.45) is 0 Å². The van der Waals surface area contributed by atoms with Gasteiger partial charge in [-0.05, 0) is 55.9 Å². The lowest BCUT2D eigenvalue weighted by atomic mass is 9.97. The maximum Gasteiger partial charge on any atom is 0.0589 e. The predicted molar refractivity (Wildman–Crippen MR) is 73.7 cm³/mol. The standard InChI is InChI=1S/C14H18N2S/c1-10-13-6-5-11(9-14(13)17-16-10)8-12-4-2-3-7-15-12/h5-6,9,12,15H,2-4,7-8H2,1H3. The van der Waals surface area contributed by atoms with Gasteiger partial charge >= 0.3 is 0 Å². The summed E-state index contributed by atoms with van der Waals surface area (Å²) in [5.74, 6) is 0. The van der Waals surface area contributed by atoms with E-state index in [4.69, 9.17) is 0 Å². The summed E-state index contributed by atoms with van der Waals surface area (Å²) >= 11 is 1.62. The van der Waals surface area contributed by atoms with Gasteiger partial charge in [0.15, 0.2) is 0 Å². The Hall–Kier alpha value is -0.930. The molecule has 1 aromatic heterocycles. The Kier molecular flexibility index (Phi) is 3.12. The highest BCUT2D eigenvalue weighted by atomic mass is 32.1. The molecule has 0 saturated carbocycles. The molecule has 0 amide bonds. The molecule has 0 aliphatic carbocycles. The molecule has 0 radical (unpaired) electrons. The first kappa shape index (κ1) is 11.2. The van der Waals surface area contributed by atoms with Crippen molar-refractivity contribution in [3.8, 4) is 0 Å². The van der Waals surface area contributed by atoms with Crippen LogP contribution in [0.1, 0.15) is 30.5 Å². The molecule has 17 heavy (non-hydrogen) atoms. The minimum absolute atomic E-state index is 0.676. The van der Waals surface area contributed by atoms with Gasteiger partial charge in [-0.3, -0.25) is 0 Å². The highest BCUT2D eigenvalue weighted by Gasteiger charge is 2.13. The van der Waals surface area contributed by atoms with E-state index in [1.807, 2.05) is 0 Å². The van der Waals surface area contributed by atoms with Crippen molar-refractivity contribution < 1.29 is 0 Å². The molecular formula is C14H18N2S. The molecule has 1 aliphatic heterocycles. The van der Waals surface area contributed by atoms with Gasteiger partial charge in [0.05, 0.1) is 10.4 Å². The van der Waals surface area contributed by atoms with Crippen molar-refractivity contribution in [3.05, 3.63) is 29.5 Å². The highest BCUT2D eigenvalue weighted by molar-refractivity contribution is 7.13. The summed E-state index contributed by atoms with van der Waals surface area (Å²) in [5.41, 5.74) is 2.60. The van der Waals surface area contributed by atoms with E-state index in [1.54, 1.807) is 11.5 Å². The van der Waals surface area contributed by atoms with Crippen LogP contribution in [-0.2, 0) is 6.42 Å². The topological polar surface area (TPSA) is 24.9 Å². The second-order valence-corrected chi connectivity index (χ2v) is 5.75. The quantitative estimate of drug-likeness (QED) is 0.879. The van der Waals surface area contributed by atoms with E-state index >= 15 is 0 Å². The van der Waals surface area contributed by atoms with Gasteiger partial charge in [0.25, 0.3) is 0 Å². The molecule has 2 aromatic rings. The Labute approximate surface area is 106 Å². The molecule has 3 heteroatoms. The average molecular weight is 246 g/mol. The summed E-state index contributed by atoms with van der Waals surface area (Å²) in [6.07, 6.45) is 5.19. The summed E-state index contributed by atoms with van der Waals surface area (Å²) < 4.78 is 5.74. The zero-order chi connectivity index (χ0) is 11.7. The summed E-state index contributed by atoms with van der Waals surface area (Å²) in [6.45, 7) is 3.27. The van der Waals surface area contributed by atoms with Crippen LogP contribution >= 0.6 is 11.5 Å². The maximum absolute atomic E-state index is 4.41. The number of hydrogen-bond donors (Lipinski definition) is 1. The van der Waals surface area contributed by atoms with Gasteiger partial charge in [0, 0.05) is 11.4 Å². The first-order chi connectivity index (χ1) is 8.33. The number of fused-ring (bicyclic) bond motifs is 1. The van der Waals surface area contributed by atoms with Gasteiger partial charge in [-0.25, -0.2) is 0 Å². The van der Waals surface area contributed by atoms with Crippen LogP contribution < -0.4 is 5.32 Å². The van der Waals surface area contributed by atoms with Gasteiger partial charge < -0.3 is 5.32 Å². The van der Waals surface area contributed by atoms with E-state index in [1.165, 1.54) is 41.5 Å². The van der Waals surface area contributed by atoms with Crippen LogP contribution in [0.3, 0.4) is 0 Å². The number of benzene rings is 1. The first-order valence-corrected chi connectivity index (χ1v) is 7.18. The molecule has 3 rings (SSSR count). The van der Waals surface area contributed by atoms with Crippen molar-refractivity contribution in [1.82, 2.24) is 9.69 Å². The van der Waals surface area contributed by atoms with E-state index in [9.17, 15) is 0 Å². The fourth-order valence-electron chi connectivity index (χ4n) is 2.62. The van der Waals surface area contributed by atoms with E-state index in [0.717, 1.165) is 12.1 Å². The second-order valence-electron chi connectivity index (χ2n) is 4.95. The van der Waals surface area contributed by atoms with Crippen LogP contribution in [0.4, 0.5) is 0 Å². The van der Waals surface area contributed by atoms with Gasteiger partial charge in [-0.15, -0.1) is 0 Å². The number of aromatic nitrogens is 1. The van der Waals surface area contributed by atoms with Crippen molar-refractivity contribution in [3.63, 3.8) is 0 Å². The molecule has 2 heterocycles. The third-order valence-electron chi connectivity index (χ3n) is 3.61. The molecular weight excluding hydrogens is 228 g/mol. The zero-order valence-corrected chi connectivity index (χ0v) is 11.0. The molecule has 1 fully saturated rings. The largest absolute Gasteiger partial charge is 0.314 e. The summed E-state index contributed by atoms with van der Waals surface area (Å²) in [5, 5.41) is 4.92. The van der Waals surface area contributed by atoms with Gasteiger partial charge in [0.1, 0.15) is 0 Å². The summed E-state index contributed by atoms with van der Waals surface area (Å²) in [6, 6.07) is 7.48. The third-order valence-corrected chi connectivity index (χ3v) is 4.51.